The van der Waals surface area contributed by atoms with E-state index in [0.29, 0.717) is 17.9 Å². The van der Waals surface area contributed by atoms with Crippen LogP contribution in [0.4, 0.5) is 10.2 Å². The molecule has 4 heteroatoms. The molecular formula is C15H26FN3. The number of rotatable bonds is 9. The Morgan fingerprint density at radius 2 is 2.05 bits per heavy atom. The van der Waals surface area contributed by atoms with Crippen LogP contribution in [0.15, 0.2) is 12.3 Å². The van der Waals surface area contributed by atoms with Crippen LogP contribution in [0, 0.1) is 5.82 Å². The van der Waals surface area contributed by atoms with E-state index in [1.54, 1.807) is 12.3 Å². The number of aromatic nitrogens is 1. The molecule has 1 heterocycles. The van der Waals surface area contributed by atoms with Crippen molar-refractivity contribution < 1.29 is 4.39 Å². The van der Waals surface area contributed by atoms with Crippen LogP contribution in [-0.2, 0) is 6.54 Å². The number of hydrogen-bond acceptors (Lipinski definition) is 3. The molecule has 1 aromatic rings. The third-order valence-corrected chi connectivity index (χ3v) is 3.16. The van der Waals surface area contributed by atoms with Crippen molar-refractivity contribution in [3.63, 3.8) is 0 Å². The van der Waals surface area contributed by atoms with E-state index < -0.39 is 0 Å². The van der Waals surface area contributed by atoms with E-state index in [1.165, 1.54) is 0 Å². The Morgan fingerprint density at radius 1 is 1.26 bits per heavy atom. The minimum atomic E-state index is -0.177. The van der Waals surface area contributed by atoms with Gasteiger partial charge in [-0.25, -0.2) is 9.37 Å². The standard InChI is InChI=1S/C15H26FN3/c1-4-7-11-19(6-3)15-14(16)13(8-10-18-15)12-17-9-5-2/h8,10,17H,4-7,9,11-12H2,1-3H3. The summed E-state index contributed by atoms with van der Waals surface area (Å²) >= 11 is 0. The van der Waals surface area contributed by atoms with Crippen LogP contribution in [0.3, 0.4) is 0 Å². The number of hydrogen-bond donors (Lipinski definition) is 1. The molecule has 0 aliphatic heterocycles. The average Bonchev–Trinajstić information content (AvgIpc) is 2.43. The van der Waals surface area contributed by atoms with Gasteiger partial charge in [-0.1, -0.05) is 20.3 Å². The zero-order chi connectivity index (χ0) is 14.1. The summed E-state index contributed by atoms with van der Waals surface area (Å²) in [6.07, 6.45) is 4.93. The SMILES string of the molecule is CCCCN(CC)c1nccc(CNCCC)c1F. The lowest BCUT2D eigenvalue weighted by Gasteiger charge is -2.23. The maximum absolute atomic E-state index is 14.4. The highest BCUT2D eigenvalue weighted by Gasteiger charge is 2.14. The van der Waals surface area contributed by atoms with Crippen molar-refractivity contribution in [2.75, 3.05) is 24.5 Å². The van der Waals surface area contributed by atoms with Gasteiger partial charge in [0.25, 0.3) is 0 Å². The van der Waals surface area contributed by atoms with Crippen molar-refractivity contribution in [3.05, 3.63) is 23.6 Å². The van der Waals surface area contributed by atoms with Crippen LogP contribution in [0.2, 0.25) is 0 Å². The van der Waals surface area contributed by atoms with Gasteiger partial charge in [0.05, 0.1) is 0 Å². The Labute approximate surface area is 116 Å². The van der Waals surface area contributed by atoms with E-state index in [2.05, 4.69) is 24.1 Å². The lowest BCUT2D eigenvalue weighted by Crippen LogP contribution is -2.27. The summed E-state index contributed by atoms with van der Waals surface area (Å²) in [6.45, 7) is 9.41. The fourth-order valence-electron chi connectivity index (χ4n) is 1.99. The predicted octanol–water partition coefficient (Wildman–Crippen LogP) is 3.35. The summed E-state index contributed by atoms with van der Waals surface area (Å²) in [5.41, 5.74) is 0.702. The van der Waals surface area contributed by atoms with Gasteiger partial charge in [-0.2, -0.15) is 0 Å². The van der Waals surface area contributed by atoms with E-state index in [1.807, 2.05) is 11.8 Å². The number of nitrogens with one attached hydrogen (secondary N) is 1. The first kappa shape index (κ1) is 15.9. The Bertz CT molecular complexity index is 368. The second-order valence-electron chi connectivity index (χ2n) is 4.72. The van der Waals surface area contributed by atoms with Crippen LogP contribution in [0.5, 0.6) is 0 Å². The molecule has 0 unspecified atom stereocenters. The first-order chi connectivity index (χ1) is 9.24. The van der Waals surface area contributed by atoms with Crippen molar-refractivity contribution in [1.82, 2.24) is 10.3 Å². The van der Waals surface area contributed by atoms with Crippen molar-refractivity contribution in [3.8, 4) is 0 Å². The quantitative estimate of drug-likeness (QED) is 0.695. The molecular weight excluding hydrogens is 241 g/mol. The van der Waals surface area contributed by atoms with Gasteiger partial charge in [0, 0.05) is 31.4 Å². The Hall–Kier alpha value is -1.16. The van der Waals surface area contributed by atoms with Gasteiger partial charge in [-0.05, 0) is 32.4 Å². The lowest BCUT2D eigenvalue weighted by atomic mass is 10.2. The van der Waals surface area contributed by atoms with Gasteiger partial charge in [0.2, 0.25) is 0 Å². The Morgan fingerprint density at radius 3 is 2.68 bits per heavy atom. The number of anilines is 1. The molecule has 108 valence electrons. The van der Waals surface area contributed by atoms with E-state index in [9.17, 15) is 4.39 Å². The van der Waals surface area contributed by atoms with E-state index in [4.69, 9.17) is 0 Å². The molecule has 0 saturated carbocycles. The number of nitrogens with zero attached hydrogens (tertiary/aromatic N) is 2. The zero-order valence-corrected chi connectivity index (χ0v) is 12.4. The van der Waals surface area contributed by atoms with Crippen LogP contribution in [0.25, 0.3) is 0 Å². The van der Waals surface area contributed by atoms with Crippen LogP contribution >= 0.6 is 0 Å². The summed E-state index contributed by atoms with van der Waals surface area (Å²) in [6, 6.07) is 1.76. The fourth-order valence-corrected chi connectivity index (χ4v) is 1.99. The smallest absolute Gasteiger partial charge is 0.170 e. The molecule has 0 saturated heterocycles. The molecule has 0 fully saturated rings. The highest BCUT2D eigenvalue weighted by atomic mass is 19.1. The average molecular weight is 267 g/mol. The molecule has 0 spiro atoms. The first-order valence-electron chi connectivity index (χ1n) is 7.33. The summed E-state index contributed by atoms with van der Waals surface area (Å²) in [5, 5.41) is 3.23. The minimum absolute atomic E-state index is 0.177. The molecule has 1 N–H and O–H groups in total. The second kappa shape index (κ2) is 8.86. The van der Waals surface area contributed by atoms with Crippen molar-refractivity contribution in [1.29, 1.82) is 0 Å². The monoisotopic (exact) mass is 267 g/mol. The maximum atomic E-state index is 14.4. The van der Waals surface area contributed by atoms with Gasteiger partial charge in [-0.15, -0.1) is 0 Å². The molecule has 0 aromatic carbocycles. The predicted molar refractivity (Wildman–Crippen MR) is 79.0 cm³/mol. The number of pyridine rings is 1. The van der Waals surface area contributed by atoms with Gasteiger partial charge in [0.15, 0.2) is 11.6 Å². The largest absolute Gasteiger partial charge is 0.354 e. The van der Waals surface area contributed by atoms with Crippen LogP contribution < -0.4 is 10.2 Å². The van der Waals surface area contributed by atoms with Crippen molar-refractivity contribution in [2.24, 2.45) is 0 Å². The normalized spacial score (nSPS) is 10.7. The van der Waals surface area contributed by atoms with Crippen LogP contribution in [0.1, 0.15) is 45.6 Å². The Kier molecular flexibility index (Phi) is 7.41. The van der Waals surface area contributed by atoms with Crippen molar-refractivity contribution in [2.45, 2.75) is 46.6 Å². The second-order valence-corrected chi connectivity index (χ2v) is 4.72. The van der Waals surface area contributed by atoms with Gasteiger partial charge in [-0.3, -0.25) is 0 Å². The number of unbranched alkanes of at least 4 members (excludes halogenated alkanes) is 1. The van der Waals surface area contributed by atoms with E-state index in [-0.39, 0.29) is 5.82 Å². The maximum Gasteiger partial charge on any atom is 0.170 e. The lowest BCUT2D eigenvalue weighted by molar-refractivity contribution is 0.572. The van der Waals surface area contributed by atoms with Gasteiger partial charge in [0.1, 0.15) is 0 Å². The molecule has 0 radical (unpaired) electrons. The molecule has 19 heavy (non-hydrogen) atoms. The molecule has 1 aromatic heterocycles. The van der Waals surface area contributed by atoms with Crippen LogP contribution in [-0.4, -0.2) is 24.6 Å². The van der Waals surface area contributed by atoms with Crippen molar-refractivity contribution >= 4 is 5.82 Å². The molecule has 0 atom stereocenters. The third-order valence-electron chi connectivity index (χ3n) is 3.16. The van der Waals surface area contributed by atoms with Gasteiger partial charge < -0.3 is 10.2 Å². The first-order valence-corrected chi connectivity index (χ1v) is 7.33. The Balaban J connectivity index is 2.79. The molecule has 0 aliphatic rings. The third kappa shape index (κ3) is 4.78. The molecule has 0 bridgehead atoms. The summed E-state index contributed by atoms with van der Waals surface area (Å²) in [5.74, 6) is 0.316. The summed E-state index contributed by atoms with van der Waals surface area (Å²) in [4.78, 5) is 6.23. The molecule has 0 aliphatic carbocycles. The summed E-state index contributed by atoms with van der Waals surface area (Å²) in [7, 11) is 0. The molecule has 3 nitrogen and oxygen atoms in total. The topological polar surface area (TPSA) is 28.2 Å². The number of halogens is 1. The zero-order valence-electron chi connectivity index (χ0n) is 12.4. The highest BCUT2D eigenvalue weighted by molar-refractivity contribution is 5.42. The minimum Gasteiger partial charge on any atom is -0.354 e. The van der Waals surface area contributed by atoms with Gasteiger partial charge >= 0.3 is 0 Å². The molecule has 0 amide bonds. The van der Waals surface area contributed by atoms with E-state index >= 15 is 0 Å². The summed E-state index contributed by atoms with van der Waals surface area (Å²) < 4.78 is 14.4. The molecule has 1 rings (SSSR count). The van der Waals surface area contributed by atoms with E-state index in [0.717, 1.165) is 38.9 Å². The highest BCUT2D eigenvalue weighted by Crippen LogP contribution is 2.19. The fraction of sp³-hybridized carbons (Fsp3) is 0.667.